The molecule has 4 aliphatic rings. The maximum Gasteiger partial charge on any atom is 0.247 e. The Morgan fingerprint density at radius 2 is 1.80 bits per heavy atom. The zero-order valence-corrected chi connectivity index (χ0v) is 23.3. The van der Waals surface area contributed by atoms with Crippen molar-refractivity contribution in [1.29, 1.82) is 0 Å². The van der Waals surface area contributed by atoms with Crippen molar-refractivity contribution in [2.75, 3.05) is 57.4 Å². The van der Waals surface area contributed by atoms with Crippen LogP contribution in [-0.2, 0) is 26.1 Å². The lowest BCUT2D eigenvalue weighted by Crippen LogP contribution is -2.59. The fraction of sp³-hybridized carbons (Fsp3) is 0.593. The van der Waals surface area contributed by atoms with E-state index in [-0.39, 0.29) is 36.1 Å². The number of sulfonamides is 1. The number of hydrogen-bond acceptors (Lipinski definition) is 10. The minimum atomic E-state index is -4.11. The lowest BCUT2D eigenvalue weighted by Gasteiger charge is -2.43. The van der Waals surface area contributed by atoms with E-state index in [0.717, 1.165) is 35.2 Å². The molecule has 0 unspecified atom stereocenters. The summed E-state index contributed by atoms with van der Waals surface area (Å²) in [7, 11) is -4.11. The molecule has 1 aromatic carbocycles. The number of benzene rings is 1. The van der Waals surface area contributed by atoms with E-state index in [1.165, 1.54) is 6.33 Å². The summed E-state index contributed by atoms with van der Waals surface area (Å²) in [4.78, 5) is 26.3. The van der Waals surface area contributed by atoms with Crippen LogP contribution in [0.1, 0.15) is 31.2 Å². The monoisotopic (exact) mass is 572 g/mol. The van der Waals surface area contributed by atoms with Crippen LogP contribution in [0.5, 0.6) is 5.75 Å². The van der Waals surface area contributed by atoms with Crippen LogP contribution in [0, 0.1) is 0 Å². The van der Waals surface area contributed by atoms with E-state index in [1.54, 1.807) is 18.2 Å². The second-order valence-corrected chi connectivity index (χ2v) is 13.0. The molecule has 1 aromatic heterocycles. The van der Waals surface area contributed by atoms with Gasteiger partial charge in [-0.15, -0.1) is 0 Å². The van der Waals surface area contributed by atoms with Crippen molar-refractivity contribution in [2.45, 2.75) is 54.8 Å². The van der Waals surface area contributed by atoms with Crippen molar-refractivity contribution in [3.8, 4) is 5.75 Å². The molecule has 12 nitrogen and oxygen atoms in total. The Labute approximate surface area is 234 Å². The third-order valence-corrected chi connectivity index (χ3v) is 10.4. The summed E-state index contributed by atoms with van der Waals surface area (Å²) in [5.41, 5.74) is 1.35. The van der Waals surface area contributed by atoms with Crippen molar-refractivity contribution in [3.63, 3.8) is 0 Å². The molecule has 2 N–H and O–H groups in total. The number of carbonyl (C=O) groups is 1. The minimum Gasteiger partial charge on any atom is -0.492 e. The normalized spacial score (nSPS) is 27.2. The first-order chi connectivity index (χ1) is 19.3. The molecule has 4 aliphatic heterocycles. The number of aliphatic hydroxyl groups excluding tert-OH is 1. The Hall–Kier alpha value is -2.84. The molecule has 40 heavy (non-hydrogen) atoms. The summed E-state index contributed by atoms with van der Waals surface area (Å²) in [6.07, 6.45) is 6.19. The average Bonchev–Trinajstić information content (AvgIpc) is 3.37. The molecule has 6 rings (SSSR count). The van der Waals surface area contributed by atoms with Crippen LogP contribution < -0.4 is 15.0 Å². The van der Waals surface area contributed by atoms with Gasteiger partial charge >= 0.3 is 0 Å². The number of morpholine rings is 1. The molecule has 3 fully saturated rings. The van der Waals surface area contributed by atoms with Crippen LogP contribution in [0.25, 0.3) is 0 Å². The molecular weight excluding hydrogens is 536 g/mol. The van der Waals surface area contributed by atoms with Crippen molar-refractivity contribution in [3.05, 3.63) is 42.5 Å². The summed E-state index contributed by atoms with van der Waals surface area (Å²) in [5.74, 6) is -0.0893. The Bertz CT molecular complexity index is 1310. The first-order valence-corrected chi connectivity index (χ1v) is 15.3. The van der Waals surface area contributed by atoms with Crippen molar-refractivity contribution in [2.24, 2.45) is 0 Å². The molecule has 0 radical (unpaired) electrons. The third-order valence-electron chi connectivity index (χ3n) is 8.49. The van der Waals surface area contributed by atoms with E-state index in [4.69, 9.17) is 9.47 Å². The molecule has 0 saturated carbocycles. The Morgan fingerprint density at radius 1 is 1.05 bits per heavy atom. The second-order valence-electron chi connectivity index (χ2n) is 11.1. The van der Waals surface area contributed by atoms with E-state index in [1.807, 2.05) is 12.4 Å². The topological polar surface area (TPSA) is 137 Å². The Morgan fingerprint density at radius 3 is 2.55 bits per heavy atom. The van der Waals surface area contributed by atoms with Gasteiger partial charge in [0.2, 0.25) is 15.9 Å². The van der Waals surface area contributed by atoms with Crippen LogP contribution >= 0.6 is 0 Å². The highest BCUT2D eigenvalue weighted by Gasteiger charge is 2.47. The number of nitrogens with zero attached hydrogens (tertiary/aromatic N) is 5. The van der Waals surface area contributed by atoms with E-state index < -0.39 is 27.7 Å². The van der Waals surface area contributed by atoms with E-state index >= 15 is 0 Å². The lowest BCUT2D eigenvalue weighted by atomic mass is 9.84. The van der Waals surface area contributed by atoms with E-state index in [9.17, 15) is 18.3 Å². The number of carbonyl (C=O) groups excluding carboxylic acids is 1. The molecular formula is C27H36N6O6S. The van der Waals surface area contributed by atoms with Gasteiger partial charge in [0, 0.05) is 87.4 Å². The van der Waals surface area contributed by atoms with Gasteiger partial charge in [-0.3, -0.25) is 9.69 Å². The molecule has 0 aliphatic carbocycles. The Kier molecular flexibility index (Phi) is 7.66. The van der Waals surface area contributed by atoms with Gasteiger partial charge in [0.05, 0.1) is 25.9 Å². The third kappa shape index (κ3) is 5.53. The quantitative estimate of drug-likeness (QED) is 0.531. The van der Waals surface area contributed by atoms with Gasteiger partial charge in [0.15, 0.2) is 0 Å². The fourth-order valence-corrected chi connectivity index (χ4v) is 7.95. The minimum absolute atomic E-state index is 0.0206. The maximum absolute atomic E-state index is 13.9. The number of amides is 1. The van der Waals surface area contributed by atoms with E-state index in [2.05, 4.69) is 25.1 Å². The van der Waals surface area contributed by atoms with Crippen LogP contribution in [0.2, 0.25) is 0 Å². The van der Waals surface area contributed by atoms with Crippen molar-refractivity contribution < 1.29 is 27.8 Å². The Balaban J connectivity index is 1.28. The highest BCUT2D eigenvalue weighted by atomic mass is 32.2. The summed E-state index contributed by atoms with van der Waals surface area (Å²) in [6.45, 7) is 4.98. The largest absolute Gasteiger partial charge is 0.492 e. The number of piperidine rings is 1. The number of likely N-dealkylation sites (tertiary alicyclic amines) is 1. The number of hydrogen-bond donors (Lipinski definition) is 2. The van der Waals surface area contributed by atoms with Crippen molar-refractivity contribution >= 4 is 21.6 Å². The molecule has 5 heterocycles. The average molecular weight is 573 g/mol. The second kappa shape index (κ2) is 11.2. The van der Waals surface area contributed by atoms with Gasteiger partial charge in [-0.2, -0.15) is 4.31 Å². The van der Waals surface area contributed by atoms with Gasteiger partial charge in [-0.1, -0.05) is 0 Å². The zero-order chi connectivity index (χ0) is 27.7. The number of anilines is 1. The van der Waals surface area contributed by atoms with Crippen LogP contribution in [0.4, 0.5) is 5.69 Å². The number of rotatable bonds is 3. The fourth-order valence-electron chi connectivity index (χ4n) is 6.20. The van der Waals surface area contributed by atoms with Gasteiger partial charge < -0.3 is 24.8 Å². The molecule has 0 bridgehead atoms. The molecule has 216 valence electrons. The van der Waals surface area contributed by atoms with E-state index in [0.29, 0.717) is 45.6 Å². The zero-order valence-electron chi connectivity index (χ0n) is 22.4. The number of aliphatic hydroxyl groups is 1. The number of aromatic nitrogens is 2. The molecule has 2 aromatic rings. The van der Waals surface area contributed by atoms with Gasteiger partial charge in [0.1, 0.15) is 23.0 Å². The first-order valence-electron chi connectivity index (χ1n) is 13.9. The predicted molar refractivity (Wildman–Crippen MR) is 145 cm³/mol. The first kappa shape index (κ1) is 27.3. The van der Waals surface area contributed by atoms with Crippen molar-refractivity contribution in [1.82, 2.24) is 24.5 Å². The van der Waals surface area contributed by atoms with Crippen LogP contribution in [-0.4, -0.2) is 109 Å². The number of fused-ring (bicyclic) bond motifs is 2. The molecule has 1 spiro atoms. The molecule has 3 saturated heterocycles. The summed E-state index contributed by atoms with van der Waals surface area (Å²) in [6, 6.07) is 4.14. The van der Waals surface area contributed by atoms with Crippen LogP contribution in [0.3, 0.4) is 0 Å². The van der Waals surface area contributed by atoms with Gasteiger partial charge in [-0.25, -0.2) is 18.4 Å². The smallest absolute Gasteiger partial charge is 0.247 e. The summed E-state index contributed by atoms with van der Waals surface area (Å²) < 4.78 is 40.7. The number of nitrogens with one attached hydrogen (secondary N) is 1. The predicted octanol–water partition coefficient (Wildman–Crippen LogP) is 0.371. The highest BCUT2D eigenvalue weighted by Crippen LogP contribution is 2.37. The highest BCUT2D eigenvalue weighted by molar-refractivity contribution is 7.89. The summed E-state index contributed by atoms with van der Waals surface area (Å²) in [5, 5.41) is 13.7. The maximum atomic E-state index is 13.9. The lowest BCUT2D eigenvalue weighted by molar-refractivity contribution is -0.127. The van der Waals surface area contributed by atoms with Crippen LogP contribution in [0.15, 0.2) is 41.8 Å². The molecule has 13 heteroatoms. The van der Waals surface area contributed by atoms with Gasteiger partial charge in [-0.05, 0) is 25.0 Å². The molecule has 1 amide bonds. The van der Waals surface area contributed by atoms with Gasteiger partial charge in [0.25, 0.3) is 0 Å². The standard InChI is InChI=1S/C27H36N6O6S/c34-22-14-23-26(35)30-27(3-6-31(7-4-27)17-20-15-28-19-29-16-20)5-10-39-24-13-21(32-8-11-38-12-9-32)1-2-25(24)40(36,37)33(23)18-22/h1-2,13,15-16,19,22-23,34H,3-12,14,17-18H2,(H,30,35)/t22-,23+/m1/s1. The SMILES string of the molecule is O=C1NC2(CCOc3cc(N4CCOCC4)ccc3S(=O)(=O)N3C[C@H](O)C[C@@H]13)CCN(Cc1cncnc1)CC2. The number of ether oxygens (including phenoxy) is 2. The summed E-state index contributed by atoms with van der Waals surface area (Å²) >= 11 is 0. The molecule has 2 atom stereocenters.